The number of carbonyl (C=O) groups excluding carboxylic acids is 1. The molecule has 3 N–H and O–H groups in total. The number of phenolic OH excluding ortho intramolecular Hbond substituents is 1. The van der Waals surface area contributed by atoms with Gasteiger partial charge in [-0.15, -0.1) is 0 Å². The minimum atomic E-state index is -0.235. The Balaban J connectivity index is 2.19. The van der Waals surface area contributed by atoms with E-state index in [1.54, 1.807) is 11.0 Å². The Bertz CT molecular complexity index is 521. The quantitative estimate of drug-likeness (QED) is 0.821. The lowest BCUT2D eigenvalue weighted by Gasteiger charge is -2.32. The second-order valence-corrected chi connectivity index (χ2v) is 5.56. The molecule has 1 aliphatic heterocycles. The van der Waals surface area contributed by atoms with Crippen molar-refractivity contribution in [3.05, 3.63) is 28.8 Å². The SMILES string of the molecule is NC(=S)C1CCCN(C(=O)c2cc(Cl)ccc2O)C1. The van der Waals surface area contributed by atoms with Crippen LogP contribution >= 0.6 is 23.8 Å². The normalized spacial score (nSPS) is 19.2. The number of nitrogens with zero attached hydrogens (tertiary/aromatic N) is 1. The number of aromatic hydroxyl groups is 1. The van der Waals surface area contributed by atoms with Gasteiger partial charge in [0.05, 0.1) is 10.6 Å². The Labute approximate surface area is 122 Å². The number of amides is 1. The molecule has 6 heteroatoms. The second kappa shape index (κ2) is 5.75. The number of halogens is 1. The van der Waals surface area contributed by atoms with Crippen molar-refractivity contribution in [2.24, 2.45) is 11.7 Å². The van der Waals surface area contributed by atoms with E-state index in [-0.39, 0.29) is 23.1 Å². The number of thiocarbonyl (C=S) groups is 1. The van der Waals surface area contributed by atoms with Crippen molar-refractivity contribution in [3.8, 4) is 5.75 Å². The highest BCUT2D eigenvalue weighted by Gasteiger charge is 2.27. The number of nitrogens with two attached hydrogens (primary N) is 1. The summed E-state index contributed by atoms with van der Waals surface area (Å²) in [4.78, 5) is 14.5. The first-order valence-corrected chi connectivity index (χ1v) is 6.84. The molecule has 102 valence electrons. The van der Waals surface area contributed by atoms with Crippen molar-refractivity contribution in [3.63, 3.8) is 0 Å². The second-order valence-electron chi connectivity index (χ2n) is 4.65. The smallest absolute Gasteiger partial charge is 0.257 e. The van der Waals surface area contributed by atoms with Gasteiger partial charge in [-0.1, -0.05) is 23.8 Å². The van der Waals surface area contributed by atoms with Crippen molar-refractivity contribution in [2.75, 3.05) is 13.1 Å². The highest BCUT2D eigenvalue weighted by Crippen LogP contribution is 2.25. The first-order chi connectivity index (χ1) is 8.99. The first kappa shape index (κ1) is 14.1. The molecule has 4 nitrogen and oxygen atoms in total. The molecule has 0 aliphatic carbocycles. The van der Waals surface area contributed by atoms with Gasteiger partial charge in [-0.3, -0.25) is 4.79 Å². The van der Waals surface area contributed by atoms with Gasteiger partial charge >= 0.3 is 0 Å². The summed E-state index contributed by atoms with van der Waals surface area (Å²) >= 11 is 10.8. The predicted octanol–water partition coefficient (Wildman–Crippen LogP) is 2.18. The molecule has 1 heterocycles. The molecule has 0 radical (unpaired) electrons. The van der Waals surface area contributed by atoms with Gasteiger partial charge < -0.3 is 15.7 Å². The number of hydrogen-bond donors (Lipinski definition) is 2. The van der Waals surface area contributed by atoms with Crippen LogP contribution < -0.4 is 5.73 Å². The van der Waals surface area contributed by atoms with Gasteiger partial charge in [-0.2, -0.15) is 0 Å². The van der Waals surface area contributed by atoms with Crippen LogP contribution in [0.3, 0.4) is 0 Å². The molecule has 1 fully saturated rings. The van der Waals surface area contributed by atoms with E-state index in [2.05, 4.69) is 0 Å². The van der Waals surface area contributed by atoms with Crippen LogP contribution in [-0.2, 0) is 0 Å². The molecule has 1 amide bonds. The van der Waals surface area contributed by atoms with Crippen LogP contribution in [0, 0.1) is 5.92 Å². The third kappa shape index (κ3) is 3.16. The fraction of sp³-hybridized carbons (Fsp3) is 0.385. The molecular weight excluding hydrogens is 284 g/mol. The molecule has 1 unspecified atom stereocenters. The van der Waals surface area contributed by atoms with Crippen LogP contribution in [-0.4, -0.2) is 34.0 Å². The van der Waals surface area contributed by atoms with Crippen LogP contribution in [0.25, 0.3) is 0 Å². The zero-order chi connectivity index (χ0) is 14.0. The third-order valence-electron chi connectivity index (χ3n) is 3.30. The summed E-state index contributed by atoms with van der Waals surface area (Å²) in [5.74, 6) is -0.248. The predicted molar refractivity (Wildman–Crippen MR) is 78.5 cm³/mol. The van der Waals surface area contributed by atoms with E-state index >= 15 is 0 Å². The van der Waals surface area contributed by atoms with E-state index in [1.807, 2.05) is 0 Å². The Kier molecular flexibility index (Phi) is 4.27. The third-order valence-corrected chi connectivity index (χ3v) is 3.87. The molecule has 2 rings (SSSR count). The zero-order valence-electron chi connectivity index (χ0n) is 10.3. The summed E-state index contributed by atoms with van der Waals surface area (Å²) in [7, 11) is 0. The standard InChI is InChI=1S/C13H15ClN2O2S/c14-9-3-4-11(17)10(6-9)13(18)16-5-1-2-8(7-16)12(15)19/h3-4,6,8,17H,1-2,5,7H2,(H2,15,19). The van der Waals surface area contributed by atoms with Crippen LogP contribution in [0.5, 0.6) is 5.75 Å². The van der Waals surface area contributed by atoms with Crippen molar-refractivity contribution in [2.45, 2.75) is 12.8 Å². The van der Waals surface area contributed by atoms with Crippen molar-refractivity contribution >= 4 is 34.7 Å². The highest BCUT2D eigenvalue weighted by molar-refractivity contribution is 7.80. The Morgan fingerprint density at radius 2 is 2.26 bits per heavy atom. The van der Waals surface area contributed by atoms with Gasteiger partial charge in [0.1, 0.15) is 5.75 Å². The lowest BCUT2D eigenvalue weighted by atomic mass is 9.97. The lowest BCUT2D eigenvalue weighted by Crippen LogP contribution is -2.43. The summed E-state index contributed by atoms with van der Waals surface area (Å²) in [5, 5.41) is 10.2. The lowest BCUT2D eigenvalue weighted by molar-refractivity contribution is 0.0700. The number of phenols is 1. The number of piperidine rings is 1. The summed E-state index contributed by atoms with van der Waals surface area (Å²) in [6, 6.07) is 4.44. The Morgan fingerprint density at radius 3 is 2.95 bits per heavy atom. The fourth-order valence-electron chi connectivity index (χ4n) is 2.24. The average molecular weight is 299 g/mol. The van der Waals surface area contributed by atoms with Crippen LogP contribution in [0.1, 0.15) is 23.2 Å². The molecule has 0 bridgehead atoms. The monoisotopic (exact) mass is 298 g/mol. The molecule has 1 aromatic carbocycles. The van der Waals surface area contributed by atoms with E-state index in [0.717, 1.165) is 12.8 Å². The number of carbonyl (C=O) groups is 1. The van der Waals surface area contributed by atoms with Crippen LogP contribution in [0.4, 0.5) is 0 Å². The minimum absolute atomic E-state index is 0.0500. The first-order valence-electron chi connectivity index (χ1n) is 6.06. The summed E-state index contributed by atoms with van der Waals surface area (Å²) in [5.41, 5.74) is 5.86. The van der Waals surface area contributed by atoms with E-state index in [1.165, 1.54) is 12.1 Å². The van der Waals surface area contributed by atoms with Gasteiger partial charge in [-0.05, 0) is 31.0 Å². The molecule has 1 saturated heterocycles. The summed E-state index contributed by atoms with van der Waals surface area (Å²) in [6.45, 7) is 1.14. The van der Waals surface area contributed by atoms with Crippen molar-refractivity contribution in [1.29, 1.82) is 0 Å². The molecule has 0 saturated carbocycles. The summed E-state index contributed by atoms with van der Waals surface area (Å²) < 4.78 is 0. The Morgan fingerprint density at radius 1 is 1.53 bits per heavy atom. The number of rotatable bonds is 2. The maximum Gasteiger partial charge on any atom is 0.257 e. The highest BCUT2D eigenvalue weighted by atomic mass is 35.5. The van der Waals surface area contributed by atoms with Crippen LogP contribution in [0.2, 0.25) is 5.02 Å². The van der Waals surface area contributed by atoms with Gasteiger partial charge in [0.2, 0.25) is 0 Å². The number of benzene rings is 1. The average Bonchev–Trinajstić information content (AvgIpc) is 2.41. The topological polar surface area (TPSA) is 66.6 Å². The molecule has 19 heavy (non-hydrogen) atoms. The molecule has 0 aromatic heterocycles. The molecule has 0 spiro atoms. The van der Waals surface area contributed by atoms with Gasteiger partial charge in [0.15, 0.2) is 0 Å². The van der Waals surface area contributed by atoms with Crippen molar-refractivity contribution in [1.82, 2.24) is 4.90 Å². The van der Waals surface area contributed by atoms with Gasteiger partial charge in [0.25, 0.3) is 5.91 Å². The zero-order valence-corrected chi connectivity index (χ0v) is 11.9. The maximum absolute atomic E-state index is 12.4. The van der Waals surface area contributed by atoms with E-state index in [9.17, 15) is 9.90 Å². The summed E-state index contributed by atoms with van der Waals surface area (Å²) in [6.07, 6.45) is 1.76. The van der Waals surface area contributed by atoms with E-state index in [0.29, 0.717) is 23.1 Å². The fourth-order valence-corrected chi connectivity index (χ4v) is 2.61. The number of likely N-dealkylation sites (tertiary alicyclic amines) is 1. The molecule has 1 aromatic rings. The molecule has 1 atom stereocenters. The maximum atomic E-state index is 12.4. The Hall–Kier alpha value is -1.33. The minimum Gasteiger partial charge on any atom is -0.507 e. The molecule has 1 aliphatic rings. The van der Waals surface area contributed by atoms with Gasteiger partial charge in [0, 0.05) is 24.0 Å². The van der Waals surface area contributed by atoms with Crippen molar-refractivity contribution < 1.29 is 9.90 Å². The van der Waals surface area contributed by atoms with E-state index < -0.39 is 0 Å². The van der Waals surface area contributed by atoms with Crippen LogP contribution in [0.15, 0.2) is 18.2 Å². The van der Waals surface area contributed by atoms with Gasteiger partial charge in [-0.25, -0.2) is 0 Å². The molecular formula is C13H15ClN2O2S. The largest absolute Gasteiger partial charge is 0.507 e. The van der Waals surface area contributed by atoms with E-state index in [4.69, 9.17) is 29.6 Å². The number of hydrogen-bond acceptors (Lipinski definition) is 3.